The lowest BCUT2D eigenvalue weighted by Crippen LogP contribution is -2.36. The van der Waals surface area contributed by atoms with Crippen molar-refractivity contribution in [3.63, 3.8) is 0 Å². The summed E-state index contributed by atoms with van der Waals surface area (Å²) in [7, 11) is 0. The predicted molar refractivity (Wildman–Crippen MR) is 125 cm³/mol. The second-order valence-electron chi connectivity index (χ2n) is 8.25. The van der Waals surface area contributed by atoms with Gasteiger partial charge in [-0.05, 0) is 37.4 Å². The highest BCUT2D eigenvalue weighted by Crippen LogP contribution is 2.32. The molecule has 1 N–H and O–H groups in total. The van der Waals surface area contributed by atoms with Crippen molar-refractivity contribution in [3.8, 4) is 11.4 Å². The number of hydrogen-bond donors (Lipinski definition) is 1. The Kier molecular flexibility index (Phi) is 3.74. The molecule has 1 amide bonds. The molecule has 9 nitrogen and oxygen atoms in total. The fourth-order valence-corrected chi connectivity index (χ4v) is 4.05. The van der Waals surface area contributed by atoms with Gasteiger partial charge in [0.05, 0.1) is 25.1 Å². The first-order chi connectivity index (χ1) is 18.1. The van der Waals surface area contributed by atoms with Gasteiger partial charge in [0.25, 0.3) is 0 Å². The van der Waals surface area contributed by atoms with Gasteiger partial charge in [-0.2, -0.15) is 0 Å². The molecular weight excluding hydrogens is 418 g/mol. The molecule has 0 spiro atoms. The normalized spacial score (nSPS) is 19.5. The van der Waals surface area contributed by atoms with Gasteiger partial charge in [-0.25, -0.2) is 14.5 Å². The van der Waals surface area contributed by atoms with Crippen molar-refractivity contribution in [1.82, 2.24) is 24.6 Å². The molecule has 0 atom stereocenters. The van der Waals surface area contributed by atoms with Crippen molar-refractivity contribution in [3.05, 3.63) is 42.5 Å². The number of morpholine rings is 1. The van der Waals surface area contributed by atoms with Gasteiger partial charge in [0.1, 0.15) is 5.82 Å². The SMILES string of the molecule is [2H]C([2H])([2H])C([2H])([2H])c1ncc(-c2nc3ccc(N4CCOCC4)cn3n2)c2cc(NC(=O)C3CC3)ncc12. The summed E-state index contributed by atoms with van der Waals surface area (Å²) >= 11 is 0. The van der Waals surface area contributed by atoms with Gasteiger partial charge in [-0.1, -0.05) is 6.85 Å². The van der Waals surface area contributed by atoms with Crippen LogP contribution in [0, 0.1) is 5.92 Å². The molecule has 6 rings (SSSR count). The maximum absolute atomic E-state index is 12.4. The van der Waals surface area contributed by atoms with Crippen LogP contribution in [-0.4, -0.2) is 56.8 Å². The minimum Gasteiger partial charge on any atom is -0.378 e. The summed E-state index contributed by atoms with van der Waals surface area (Å²) in [4.78, 5) is 27.7. The summed E-state index contributed by atoms with van der Waals surface area (Å²) in [6, 6.07) is 5.43. The Morgan fingerprint density at radius 3 is 2.94 bits per heavy atom. The van der Waals surface area contributed by atoms with Crippen LogP contribution in [0.3, 0.4) is 0 Å². The zero-order valence-electron chi connectivity index (χ0n) is 22.8. The number of ether oxygens (including phenoxy) is 1. The smallest absolute Gasteiger partial charge is 0.228 e. The van der Waals surface area contributed by atoms with Gasteiger partial charge in [0.15, 0.2) is 11.5 Å². The van der Waals surface area contributed by atoms with Crippen molar-refractivity contribution < 1.29 is 16.4 Å². The van der Waals surface area contributed by atoms with Crippen LogP contribution in [-0.2, 0) is 15.9 Å². The molecule has 1 saturated heterocycles. The van der Waals surface area contributed by atoms with Gasteiger partial charge in [0, 0.05) is 60.3 Å². The highest BCUT2D eigenvalue weighted by Gasteiger charge is 2.30. The van der Waals surface area contributed by atoms with E-state index in [4.69, 9.17) is 11.6 Å². The number of carbonyl (C=O) groups excluding carboxylic acids is 1. The van der Waals surface area contributed by atoms with Gasteiger partial charge in [-0.15, -0.1) is 5.10 Å². The number of nitrogens with zero attached hydrogens (tertiary/aromatic N) is 6. The Morgan fingerprint density at radius 1 is 1.24 bits per heavy atom. The number of fused-ring (bicyclic) bond motifs is 2. The van der Waals surface area contributed by atoms with Crippen LogP contribution in [0.2, 0.25) is 0 Å². The summed E-state index contributed by atoms with van der Waals surface area (Å²) in [6.45, 7) is -0.0948. The van der Waals surface area contributed by atoms with E-state index in [9.17, 15) is 4.79 Å². The van der Waals surface area contributed by atoms with E-state index in [1.165, 1.54) is 12.4 Å². The van der Waals surface area contributed by atoms with Gasteiger partial charge in [-0.3, -0.25) is 9.78 Å². The number of rotatable bonds is 5. The first-order valence-electron chi connectivity index (χ1n) is 13.4. The number of pyridine rings is 3. The monoisotopic (exact) mass is 448 g/mol. The number of nitrogens with one attached hydrogen (secondary N) is 1. The van der Waals surface area contributed by atoms with Gasteiger partial charge in [0.2, 0.25) is 5.91 Å². The Hall–Kier alpha value is -3.59. The fraction of sp³-hybridized carbons (Fsp3) is 0.375. The van der Waals surface area contributed by atoms with Crippen molar-refractivity contribution in [2.24, 2.45) is 5.92 Å². The van der Waals surface area contributed by atoms with Gasteiger partial charge < -0.3 is 15.0 Å². The first kappa shape index (κ1) is 15.3. The zero-order chi connectivity index (χ0) is 26.7. The van der Waals surface area contributed by atoms with Crippen molar-refractivity contribution in [2.75, 3.05) is 36.5 Å². The quantitative estimate of drug-likeness (QED) is 0.501. The zero-order valence-corrected chi connectivity index (χ0v) is 17.8. The number of hydrogen-bond acceptors (Lipinski definition) is 7. The minimum atomic E-state index is -2.95. The molecule has 1 aliphatic carbocycles. The third-order valence-electron chi connectivity index (χ3n) is 6.02. The Morgan fingerprint density at radius 2 is 2.12 bits per heavy atom. The molecular formula is C24H25N7O2. The van der Waals surface area contributed by atoms with Crippen LogP contribution in [0.5, 0.6) is 0 Å². The van der Waals surface area contributed by atoms with Crippen LogP contribution >= 0.6 is 0 Å². The second kappa shape index (κ2) is 8.08. The topological polar surface area (TPSA) is 97.5 Å². The summed E-state index contributed by atoms with van der Waals surface area (Å²) in [5.41, 5.74) is 1.78. The van der Waals surface area contributed by atoms with E-state index in [-0.39, 0.29) is 28.7 Å². The molecule has 5 heterocycles. The van der Waals surface area contributed by atoms with E-state index < -0.39 is 13.2 Å². The minimum absolute atomic E-state index is 0.0366. The van der Waals surface area contributed by atoms with Crippen molar-refractivity contribution in [1.29, 1.82) is 0 Å². The molecule has 1 saturated carbocycles. The van der Waals surface area contributed by atoms with Crippen molar-refractivity contribution >= 4 is 33.8 Å². The Labute approximate surface area is 197 Å². The van der Waals surface area contributed by atoms with Crippen LogP contribution < -0.4 is 10.2 Å². The second-order valence-corrected chi connectivity index (χ2v) is 8.25. The number of aryl methyl sites for hydroxylation is 1. The Bertz CT molecular complexity index is 1540. The van der Waals surface area contributed by atoms with E-state index in [0.29, 0.717) is 35.6 Å². The molecule has 0 unspecified atom stereocenters. The largest absolute Gasteiger partial charge is 0.378 e. The van der Waals surface area contributed by atoms with Crippen LogP contribution in [0.15, 0.2) is 36.8 Å². The highest BCUT2D eigenvalue weighted by molar-refractivity contribution is 6.00. The lowest BCUT2D eigenvalue weighted by atomic mass is 10.1. The lowest BCUT2D eigenvalue weighted by molar-refractivity contribution is -0.117. The van der Waals surface area contributed by atoms with Gasteiger partial charge >= 0.3 is 0 Å². The molecule has 2 aliphatic rings. The predicted octanol–water partition coefficient (Wildman–Crippen LogP) is 3.09. The molecule has 0 aromatic carbocycles. The average Bonchev–Trinajstić information content (AvgIpc) is 3.66. The molecule has 0 radical (unpaired) electrons. The number of carbonyl (C=O) groups is 1. The Balaban J connectivity index is 1.47. The van der Waals surface area contributed by atoms with Crippen molar-refractivity contribution in [2.45, 2.75) is 26.1 Å². The summed E-state index contributed by atoms with van der Waals surface area (Å²) in [6.07, 6.45) is 3.54. The van der Waals surface area contributed by atoms with E-state index >= 15 is 0 Å². The summed E-state index contributed by atoms with van der Waals surface area (Å²) in [5.74, 6) is 0.436. The molecule has 168 valence electrons. The van der Waals surface area contributed by atoms with Crippen LogP contribution in [0.1, 0.15) is 32.2 Å². The molecule has 0 bridgehead atoms. The molecule has 1 aliphatic heterocycles. The molecule has 9 heteroatoms. The van der Waals surface area contributed by atoms with E-state index in [2.05, 4.69) is 30.3 Å². The standard InChI is InChI=1S/C24H25N7O2/c1-2-20-18-12-26-21(27-24(32)15-3-4-15)11-17(18)19(13-25-20)23-28-22-6-5-16(14-31(22)29-23)30-7-9-33-10-8-30/h5-6,11-15H,2-4,7-10H2,1H3,(H,26,27,32)/i1D3,2D2. The number of anilines is 2. The third kappa shape index (κ3) is 3.78. The summed E-state index contributed by atoms with van der Waals surface area (Å²) in [5, 5.41) is 8.10. The molecule has 2 fully saturated rings. The number of aromatic nitrogens is 5. The fourth-order valence-electron chi connectivity index (χ4n) is 4.05. The first-order valence-corrected chi connectivity index (χ1v) is 10.9. The third-order valence-corrected chi connectivity index (χ3v) is 6.02. The molecule has 4 aromatic heterocycles. The number of amides is 1. The van der Waals surface area contributed by atoms with E-state index in [1.807, 2.05) is 18.3 Å². The van der Waals surface area contributed by atoms with Crippen LogP contribution in [0.4, 0.5) is 11.5 Å². The van der Waals surface area contributed by atoms with Crippen LogP contribution in [0.25, 0.3) is 27.8 Å². The van der Waals surface area contributed by atoms with E-state index in [1.54, 1.807) is 10.6 Å². The highest BCUT2D eigenvalue weighted by atomic mass is 16.5. The average molecular weight is 449 g/mol. The lowest BCUT2D eigenvalue weighted by Gasteiger charge is -2.28. The molecule has 33 heavy (non-hydrogen) atoms. The summed E-state index contributed by atoms with van der Waals surface area (Å²) < 4.78 is 46.9. The van der Waals surface area contributed by atoms with E-state index in [0.717, 1.165) is 31.6 Å². The maximum atomic E-state index is 12.4. The molecule has 4 aromatic rings. The maximum Gasteiger partial charge on any atom is 0.228 e.